The van der Waals surface area contributed by atoms with Crippen molar-refractivity contribution in [3.05, 3.63) is 82.3 Å². The van der Waals surface area contributed by atoms with E-state index in [1.165, 1.54) is 0 Å². The molecular formula is C22H19N3O. The van der Waals surface area contributed by atoms with E-state index in [9.17, 15) is 4.79 Å². The summed E-state index contributed by atoms with van der Waals surface area (Å²) in [4.78, 5) is 18.0. The molecule has 0 radical (unpaired) electrons. The highest BCUT2D eigenvalue weighted by atomic mass is 16.1. The lowest BCUT2D eigenvalue weighted by Crippen LogP contribution is -2.25. The maximum absolute atomic E-state index is 13.1. The summed E-state index contributed by atoms with van der Waals surface area (Å²) in [5, 5.41) is 3.34. The van der Waals surface area contributed by atoms with Crippen molar-refractivity contribution in [2.45, 2.75) is 25.7 Å². The second-order valence-electron chi connectivity index (χ2n) is 6.80. The molecule has 26 heavy (non-hydrogen) atoms. The lowest BCUT2D eigenvalue weighted by Gasteiger charge is -2.13. The van der Waals surface area contributed by atoms with Crippen LogP contribution in [-0.2, 0) is 12.8 Å². The van der Waals surface area contributed by atoms with E-state index in [1.807, 2.05) is 36.4 Å². The molecule has 128 valence electrons. The van der Waals surface area contributed by atoms with Gasteiger partial charge in [0.1, 0.15) is 0 Å². The molecule has 5 rings (SSSR count). The molecule has 1 aliphatic rings. The average molecular weight is 341 g/mol. The Hall–Kier alpha value is -3.14. The minimum atomic E-state index is 0.0454. The van der Waals surface area contributed by atoms with Crippen LogP contribution in [0, 0.1) is 0 Å². The summed E-state index contributed by atoms with van der Waals surface area (Å²) in [6.45, 7) is 0. The molecule has 0 bridgehead atoms. The van der Waals surface area contributed by atoms with Crippen molar-refractivity contribution in [3.63, 3.8) is 0 Å². The maximum atomic E-state index is 13.1. The lowest BCUT2D eigenvalue weighted by atomic mass is 9.97. The van der Waals surface area contributed by atoms with Gasteiger partial charge in [0.05, 0.1) is 17.0 Å². The van der Waals surface area contributed by atoms with Crippen molar-refractivity contribution < 1.29 is 0 Å². The second-order valence-corrected chi connectivity index (χ2v) is 6.80. The fourth-order valence-electron chi connectivity index (χ4n) is 3.90. The van der Waals surface area contributed by atoms with Gasteiger partial charge < -0.3 is 0 Å². The standard InChI is InChI=1S/C22H19N3O/c26-22-17-13-7-8-14-18(17)23-21-19(15-9-3-1-4-10-15)20(24-25(21)22)16-11-5-2-6-12-16/h1-6,9-12,24H,7-8,13-14H2. The normalized spacial score (nSPS) is 13.7. The van der Waals surface area contributed by atoms with E-state index in [1.54, 1.807) is 4.52 Å². The van der Waals surface area contributed by atoms with Crippen molar-refractivity contribution in [1.82, 2.24) is 14.6 Å². The van der Waals surface area contributed by atoms with Crippen LogP contribution < -0.4 is 5.56 Å². The van der Waals surface area contributed by atoms with E-state index in [0.29, 0.717) is 0 Å². The Morgan fingerprint density at radius 1 is 0.846 bits per heavy atom. The molecule has 0 fully saturated rings. The Kier molecular flexibility index (Phi) is 3.49. The van der Waals surface area contributed by atoms with Crippen LogP contribution in [0.15, 0.2) is 65.5 Å². The first kappa shape index (κ1) is 15.1. The van der Waals surface area contributed by atoms with Gasteiger partial charge in [-0.3, -0.25) is 9.89 Å². The number of nitrogens with one attached hydrogen (secondary N) is 1. The Bertz CT molecular complexity index is 1140. The van der Waals surface area contributed by atoms with Crippen molar-refractivity contribution in [1.29, 1.82) is 0 Å². The van der Waals surface area contributed by atoms with Crippen LogP contribution in [0.4, 0.5) is 0 Å². The molecule has 0 saturated heterocycles. The minimum Gasteiger partial charge on any atom is -0.288 e. The van der Waals surface area contributed by atoms with Crippen LogP contribution in [0.3, 0.4) is 0 Å². The highest BCUT2D eigenvalue weighted by molar-refractivity contribution is 5.90. The third-order valence-electron chi connectivity index (χ3n) is 5.17. The van der Waals surface area contributed by atoms with Gasteiger partial charge in [-0.15, -0.1) is 0 Å². The summed E-state index contributed by atoms with van der Waals surface area (Å²) in [6, 6.07) is 20.3. The quantitative estimate of drug-likeness (QED) is 0.593. The third kappa shape index (κ3) is 2.30. The first-order valence-corrected chi connectivity index (χ1v) is 9.10. The molecule has 1 aliphatic carbocycles. The molecule has 4 aromatic rings. The molecule has 4 heteroatoms. The molecule has 0 amide bonds. The fraction of sp³-hybridized carbons (Fsp3) is 0.182. The van der Waals surface area contributed by atoms with Crippen molar-refractivity contribution >= 4 is 5.65 Å². The van der Waals surface area contributed by atoms with Gasteiger partial charge in [0.15, 0.2) is 5.65 Å². The number of hydrogen-bond donors (Lipinski definition) is 1. The monoisotopic (exact) mass is 341 g/mol. The predicted molar refractivity (Wildman–Crippen MR) is 103 cm³/mol. The van der Waals surface area contributed by atoms with Gasteiger partial charge in [0, 0.05) is 11.1 Å². The van der Waals surface area contributed by atoms with Gasteiger partial charge in [-0.25, -0.2) is 9.50 Å². The van der Waals surface area contributed by atoms with Crippen LogP contribution in [0.5, 0.6) is 0 Å². The number of aromatic nitrogens is 3. The van der Waals surface area contributed by atoms with E-state index >= 15 is 0 Å². The number of aromatic amines is 1. The molecule has 0 spiro atoms. The highest BCUT2D eigenvalue weighted by Crippen LogP contribution is 2.34. The van der Waals surface area contributed by atoms with Gasteiger partial charge in [-0.2, -0.15) is 0 Å². The number of hydrogen-bond acceptors (Lipinski definition) is 2. The molecular weight excluding hydrogens is 322 g/mol. The zero-order valence-electron chi connectivity index (χ0n) is 14.4. The van der Waals surface area contributed by atoms with E-state index in [2.05, 4.69) is 29.4 Å². The van der Waals surface area contributed by atoms with Crippen LogP contribution in [0.25, 0.3) is 28.0 Å². The van der Waals surface area contributed by atoms with Gasteiger partial charge >= 0.3 is 0 Å². The summed E-state index contributed by atoms with van der Waals surface area (Å²) in [5.74, 6) is 0. The zero-order valence-corrected chi connectivity index (χ0v) is 14.4. The van der Waals surface area contributed by atoms with Crippen LogP contribution in [0.2, 0.25) is 0 Å². The summed E-state index contributed by atoms with van der Waals surface area (Å²) >= 11 is 0. The summed E-state index contributed by atoms with van der Waals surface area (Å²) in [7, 11) is 0. The second kappa shape index (κ2) is 5.99. The number of aryl methyl sites for hydroxylation is 1. The molecule has 0 aliphatic heterocycles. The topological polar surface area (TPSA) is 50.2 Å². The molecule has 0 unspecified atom stereocenters. The average Bonchev–Trinajstić information content (AvgIpc) is 3.09. The zero-order chi connectivity index (χ0) is 17.5. The summed E-state index contributed by atoms with van der Waals surface area (Å²) < 4.78 is 1.63. The van der Waals surface area contributed by atoms with Crippen molar-refractivity contribution in [2.24, 2.45) is 0 Å². The van der Waals surface area contributed by atoms with Gasteiger partial charge in [0.25, 0.3) is 5.56 Å². The fourth-order valence-corrected chi connectivity index (χ4v) is 3.90. The van der Waals surface area contributed by atoms with E-state index < -0.39 is 0 Å². The number of rotatable bonds is 2. The molecule has 0 atom stereocenters. The third-order valence-corrected chi connectivity index (χ3v) is 5.17. The molecule has 2 aromatic carbocycles. The highest BCUT2D eigenvalue weighted by Gasteiger charge is 2.22. The van der Waals surface area contributed by atoms with Gasteiger partial charge in [-0.05, 0) is 31.2 Å². The smallest absolute Gasteiger partial charge is 0.276 e. The van der Waals surface area contributed by atoms with Crippen LogP contribution in [-0.4, -0.2) is 14.6 Å². The van der Waals surface area contributed by atoms with Gasteiger partial charge in [-0.1, -0.05) is 60.7 Å². The molecule has 0 saturated carbocycles. The van der Waals surface area contributed by atoms with Crippen LogP contribution in [0.1, 0.15) is 24.1 Å². The first-order valence-electron chi connectivity index (χ1n) is 9.10. The van der Waals surface area contributed by atoms with E-state index in [4.69, 9.17) is 4.98 Å². The molecule has 1 N–H and O–H groups in total. The Morgan fingerprint density at radius 3 is 2.23 bits per heavy atom. The SMILES string of the molecule is O=c1c2c(nc3c(-c4ccccc4)c(-c4ccccc4)[nH]n13)CCCC2. The number of benzene rings is 2. The summed E-state index contributed by atoms with van der Waals surface area (Å²) in [6.07, 6.45) is 3.88. The van der Waals surface area contributed by atoms with E-state index in [0.717, 1.165) is 65.0 Å². The molecule has 2 aromatic heterocycles. The van der Waals surface area contributed by atoms with Crippen molar-refractivity contribution in [3.8, 4) is 22.4 Å². The number of H-pyrrole nitrogens is 1. The molecule has 4 nitrogen and oxygen atoms in total. The number of nitrogens with zero attached hydrogens (tertiary/aromatic N) is 2. The predicted octanol–water partition coefficient (Wildman–Crippen LogP) is 4.24. The van der Waals surface area contributed by atoms with Gasteiger partial charge in [0.2, 0.25) is 0 Å². The Labute approximate surface area is 151 Å². The molecule has 2 heterocycles. The minimum absolute atomic E-state index is 0.0454. The first-order chi connectivity index (χ1) is 12.8. The largest absolute Gasteiger partial charge is 0.288 e. The Balaban J connectivity index is 1.89. The van der Waals surface area contributed by atoms with E-state index in [-0.39, 0.29) is 5.56 Å². The van der Waals surface area contributed by atoms with Crippen LogP contribution >= 0.6 is 0 Å². The lowest BCUT2D eigenvalue weighted by molar-refractivity contribution is 0.651. The Morgan fingerprint density at radius 2 is 1.50 bits per heavy atom. The maximum Gasteiger partial charge on any atom is 0.276 e. The number of fused-ring (bicyclic) bond motifs is 2. The summed E-state index contributed by atoms with van der Waals surface area (Å²) in [5.41, 5.74) is 6.64. The van der Waals surface area contributed by atoms with Crippen molar-refractivity contribution in [2.75, 3.05) is 0 Å².